The highest BCUT2D eigenvalue weighted by Crippen LogP contribution is 2.31. The fraction of sp³-hybridized carbons (Fsp3) is 0.333. The number of carboxylic acids is 1. The zero-order valence-electron chi connectivity index (χ0n) is 9.53. The molecule has 0 saturated heterocycles. The molecule has 5 heteroatoms. The van der Waals surface area contributed by atoms with E-state index in [9.17, 15) is 9.59 Å². The summed E-state index contributed by atoms with van der Waals surface area (Å²) in [5, 5.41) is 9.15. The van der Waals surface area contributed by atoms with Crippen LogP contribution in [0.5, 0.6) is 0 Å². The van der Waals surface area contributed by atoms with E-state index in [1.165, 1.54) is 18.7 Å². The van der Waals surface area contributed by atoms with Gasteiger partial charge in [0.15, 0.2) is 0 Å². The van der Waals surface area contributed by atoms with Crippen molar-refractivity contribution in [3.63, 3.8) is 0 Å². The van der Waals surface area contributed by atoms with Crippen LogP contribution in [0.2, 0.25) is 0 Å². The Morgan fingerprint density at radius 1 is 1.47 bits per heavy atom. The van der Waals surface area contributed by atoms with E-state index in [0.717, 1.165) is 10.0 Å². The number of amides is 1. The summed E-state index contributed by atoms with van der Waals surface area (Å²) in [4.78, 5) is 24.7. The van der Waals surface area contributed by atoms with Gasteiger partial charge >= 0.3 is 5.97 Å². The maximum atomic E-state index is 12.1. The third kappa shape index (κ3) is 1.84. The molecule has 0 atom stereocenters. The van der Waals surface area contributed by atoms with Crippen LogP contribution in [-0.2, 0) is 11.3 Å². The molecule has 0 fully saturated rings. The minimum absolute atomic E-state index is 0.222. The fourth-order valence-electron chi connectivity index (χ4n) is 1.86. The summed E-state index contributed by atoms with van der Waals surface area (Å²) in [7, 11) is 0. The van der Waals surface area contributed by atoms with Crippen LogP contribution < -0.4 is 0 Å². The van der Waals surface area contributed by atoms with Crippen molar-refractivity contribution < 1.29 is 14.7 Å². The molecule has 0 bridgehead atoms. The Morgan fingerprint density at radius 2 is 2.12 bits per heavy atom. The quantitative estimate of drug-likeness (QED) is 0.911. The molecule has 1 N–H and O–H groups in total. The van der Waals surface area contributed by atoms with Crippen molar-refractivity contribution in [2.45, 2.75) is 25.9 Å². The van der Waals surface area contributed by atoms with Crippen molar-refractivity contribution >= 4 is 27.8 Å². The first-order valence-electron chi connectivity index (χ1n) is 5.18. The highest BCUT2D eigenvalue weighted by Gasteiger charge is 2.42. The Bertz CT molecular complexity index is 510. The van der Waals surface area contributed by atoms with Gasteiger partial charge in [-0.2, -0.15) is 0 Å². The van der Waals surface area contributed by atoms with E-state index in [1.807, 2.05) is 6.07 Å². The lowest BCUT2D eigenvalue weighted by atomic mass is 10.0. The molecule has 1 aromatic carbocycles. The minimum Gasteiger partial charge on any atom is -0.480 e. The number of aliphatic carboxylic acids is 1. The van der Waals surface area contributed by atoms with E-state index < -0.39 is 11.5 Å². The van der Waals surface area contributed by atoms with Gasteiger partial charge in [-0.15, -0.1) is 0 Å². The van der Waals surface area contributed by atoms with Crippen molar-refractivity contribution in [2.75, 3.05) is 0 Å². The smallest absolute Gasteiger partial charge is 0.329 e. The van der Waals surface area contributed by atoms with Gasteiger partial charge in [0.05, 0.1) is 0 Å². The molecular weight excluding hydrogens is 286 g/mol. The van der Waals surface area contributed by atoms with Gasteiger partial charge in [0.1, 0.15) is 5.54 Å². The van der Waals surface area contributed by atoms with Crippen LogP contribution in [0, 0.1) is 0 Å². The molecule has 1 heterocycles. The van der Waals surface area contributed by atoms with Crippen molar-refractivity contribution in [3.8, 4) is 0 Å². The topological polar surface area (TPSA) is 57.6 Å². The third-order valence-corrected chi connectivity index (χ3v) is 3.56. The van der Waals surface area contributed by atoms with E-state index in [0.29, 0.717) is 12.1 Å². The van der Waals surface area contributed by atoms with Crippen molar-refractivity contribution in [2.24, 2.45) is 0 Å². The van der Waals surface area contributed by atoms with Crippen LogP contribution in [0.25, 0.3) is 0 Å². The first kappa shape index (κ1) is 12.1. The molecule has 4 nitrogen and oxygen atoms in total. The number of hydrogen-bond acceptors (Lipinski definition) is 2. The normalized spacial score (nSPS) is 15.0. The summed E-state index contributed by atoms with van der Waals surface area (Å²) in [6.45, 7) is 3.41. The zero-order chi connectivity index (χ0) is 12.8. The lowest BCUT2D eigenvalue weighted by molar-refractivity contribution is -0.147. The molecular formula is C12H12BrNO3. The number of fused-ring (bicyclic) bond motifs is 1. The number of carbonyl (C=O) groups excluding carboxylic acids is 1. The van der Waals surface area contributed by atoms with Crippen molar-refractivity contribution in [1.29, 1.82) is 0 Å². The molecule has 90 valence electrons. The van der Waals surface area contributed by atoms with Crippen molar-refractivity contribution in [3.05, 3.63) is 33.8 Å². The third-order valence-electron chi connectivity index (χ3n) is 3.07. The lowest BCUT2D eigenvalue weighted by Gasteiger charge is -2.31. The van der Waals surface area contributed by atoms with Crippen molar-refractivity contribution in [1.82, 2.24) is 4.90 Å². The summed E-state index contributed by atoms with van der Waals surface area (Å²) >= 11 is 3.34. The number of nitrogens with zero attached hydrogens (tertiary/aromatic N) is 1. The van der Waals surface area contributed by atoms with E-state index in [4.69, 9.17) is 5.11 Å². The first-order chi connectivity index (χ1) is 7.84. The van der Waals surface area contributed by atoms with Crippen LogP contribution in [0.3, 0.4) is 0 Å². The second-order valence-corrected chi connectivity index (χ2v) is 5.47. The first-order valence-corrected chi connectivity index (χ1v) is 5.97. The molecule has 0 aliphatic carbocycles. The average Bonchev–Trinajstić information content (AvgIpc) is 2.55. The molecule has 1 aliphatic heterocycles. The molecule has 0 unspecified atom stereocenters. The maximum Gasteiger partial charge on any atom is 0.329 e. The van der Waals surface area contributed by atoms with Gasteiger partial charge in [-0.1, -0.05) is 15.9 Å². The van der Waals surface area contributed by atoms with Gasteiger partial charge in [-0.05, 0) is 37.6 Å². The highest BCUT2D eigenvalue weighted by molar-refractivity contribution is 9.10. The summed E-state index contributed by atoms with van der Waals surface area (Å²) in [5.74, 6) is -1.22. The second-order valence-electron chi connectivity index (χ2n) is 4.56. The standard InChI is InChI=1S/C12H12BrNO3/c1-12(2,11(16)17)14-6-7-5-8(13)3-4-9(7)10(14)15/h3-5H,6H2,1-2H3,(H,16,17). The molecule has 0 radical (unpaired) electrons. The minimum atomic E-state index is -1.19. The van der Waals surface area contributed by atoms with Crippen LogP contribution in [-0.4, -0.2) is 27.4 Å². The molecule has 0 aromatic heterocycles. The Kier molecular flexibility index (Phi) is 2.73. The summed E-state index contributed by atoms with van der Waals surface area (Å²) in [6, 6.07) is 5.36. The molecule has 1 amide bonds. The lowest BCUT2D eigenvalue weighted by Crippen LogP contribution is -2.50. The maximum absolute atomic E-state index is 12.1. The van der Waals surface area contributed by atoms with Crippen LogP contribution >= 0.6 is 15.9 Å². The number of carboxylic acid groups (broad SMARTS) is 1. The average molecular weight is 298 g/mol. The van der Waals surface area contributed by atoms with Crippen LogP contribution in [0.15, 0.2) is 22.7 Å². The molecule has 1 aromatic rings. The fourth-order valence-corrected chi connectivity index (χ4v) is 2.26. The van der Waals surface area contributed by atoms with E-state index in [1.54, 1.807) is 12.1 Å². The number of benzene rings is 1. The molecule has 0 saturated carbocycles. The van der Waals surface area contributed by atoms with Gasteiger partial charge in [0.25, 0.3) is 5.91 Å². The summed E-state index contributed by atoms with van der Waals surface area (Å²) in [5.41, 5.74) is 0.254. The van der Waals surface area contributed by atoms with E-state index in [2.05, 4.69) is 15.9 Å². The molecule has 1 aliphatic rings. The predicted octanol–water partition coefficient (Wildman–Crippen LogP) is 2.27. The van der Waals surface area contributed by atoms with Gasteiger partial charge in [0.2, 0.25) is 0 Å². The summed E-state index contributed by atoms with van der Waals surface area (Å²) < 4.78 is 0.888. The largest absolute Gasteiger partial charge is 0.480 e. The number of hydrogen-bond donors (Lipinski definition) is 1. The molecule has 17 heavy (non-hydrogen) atoms. The molecule has 2 rings (SSSR count). The highest BCUT2D eigenvalue weighted by atomic mass is 79.9. The van der Waals surface area contributed by atoms with E-state index >= 15 is 0 Å². The predicted molar refractivity (Wildman–Crippen MR) is 65.7 cm³/mol. The van der Waals surface area contributed by atoms with Crippen LogP contribution in [0.4, 0.5) is 0 Å². The second kappa shape index (κ2) is 3.84. The van der Waals surface area contributed by atoms with Gasteiger partial charge in [-0.3, -0.25) is 4.79 Å². The molecule has 0 spiro atoms. The zero-order valence-corrected chi connectivity index (χ0v) is 11.1. The van der Waals surface area contributed by atoms with Gasteiger partial charge in [-0.25, -0.2) is 4.79 Å². The SMILES string of the molecule is CC(C)(C(=O)O)N1Cc2cc(Br)ccc2C1=O. The Labute approximate surface area is 107 Å². The Morgan fingerprint density at radius 3 is 2.71 bits per heavy atom. The Balaban J connectivity index is 2.41. The number of carbonyl (C=O) groups is 2. The number of halogens is 1. The number of rotatable bonds is 2. The monoisotopic (exact) mass is 297 g/mol. The van der Waals surface area contributed by atoms with Gasteiger partial charge < -0.3 is 10.0 Å². The van der Waals surface area contributed by atoms with Crippen LogP contribution in [0.1, 0.15) is 29.8 Å². The van der Waals surface area contributed by atoms with E-state index in [-0.39, 0.29) is 5.91 Å². The Hall–Kier alpha value is -1.36. The van der Waals surface area contributed by atoms with Gasteiger partial charge in [0, 0.05) is 16.6 Å². The summed E-state index contributed by atoms with van der Waals surface area (Å²) in [6.07, 6.45) is 0.